The van der Waals surface area contributed by atoms with Crippen molar-refractivity contribution in [2.75, 3.05) is 20.3 Å². The largest absolute Gasteiger partial charge is 0.508 e. The van der Waals surface area contributed by atoms with Gasteiger partial charge in [-0.15, -0.1) is 0 Å². The summed E-state index contributed by atoms with van der Waals surface area (Å²) in [4.78, 5) is 27.8. The van der Waals surface area contributed by atoms with E-state index in [0.29, 0.717) is 32.3 Å². The van der Waals surface area contributed by atoms with Gasteiger partial charge in [0.05, 0.1) is 24.5 Å². The van der Waals surface area contributed by atoms with Crippen LogP contribution in [-0.4, -0.2) is 60.3 Å². The molecule has 7 nitrogen and oxygen atoms in total. The summed E-state index contributed by atoms with van der Waals surface area (Å²) in [6, 6.07) is 7.11. The number of rotatable bonds is 9. The van der Waals surface area contributed by atoms with Gasteiger partial charge in [0, 0.05) is 13.7 Å². The Labute approximate surface area is 207 Å². The zero-order valence-electron chi connectivity index (χ0n) is 20.9. The van der Waals surface area contributed by atoms with Gasteiger partial charge in [0.2, 0.25) is 11.8 Å². The molecule has 188 valence electrons. The van der Waals surface area contributed by atoms with E-state index in [1.807, 2.05) is 19.1 Å². The van der Waals surface area contributed by atoms with E-state index in [4.69, 9.17) is 9.39 Å². The molecule has 2 amide bonds. The number of aromatic hydroxyl groups is 1. The predicted octanol–water partition coefficient (Wildman–Crippen LogP) is 3.82. The summed E-state index contributed by atoms with van der Waals surface area (Å²) in [5.41, 5.74) is 4.35. The van der Waals surface area contributed by atoms with E-state index in [1.165, 1.54) is 10.5 Å². The predicted molar refractivity (Wildman–Crippen MR) is 134 cm³/mol. The molecule has 2 N–H and O–H groups in total. The number of allylic oxidation sites excluding steroid dienone is 1. The van der Waals surface area contributed by atoms with Crippen molar-refractivity contribution in [2.24, 2.45) is 17.8 Å². The first-order valence-corrected chi connectivity index (χ1v) is 12.8. The number of carbonyl (C=O) groups is 2. The highest BCUT2D eigenvalue weighted by Crippen LogP contribution is 2.50. The number of imide groups is 1. The van der Waals surface area contributed by atoms with Crippen molar-refractivity contribution in [1.29, 1.82) is 0 Å². The highest BCUT2D eigenvalue weighted by Gasteiger charge is 2.57. The molecule has 3 aliphatic rings. The molecule has 4 rings (SSSR count). The molecule has 2 fully saturated rings. The standard InChI is InChI=1S/C27H36BNO6/c1-4-12-29-26(31)21-14-19(16-34-3)24-22(25(21)27(29)32)15-28(33)35-23(24)11-8-17(5-2)13-18-6-9-20(30)10-7-18/h6-7,9-10,13,21-23,25,30,33H,4-5,8,11-12,14-16H2,1-3H3/b17-13+/t21-,22+,23-,25-/m1/s1. The second-order valence-electron chi connectivity index (χ2n) is 9.86. The molecule has 1 aromatic rings. The number of hydrogen-bond acceptors (Lipinski definition) is 6. The van der Waals surface area contributed by atoms with E-state index in [1.54, 1.807) is 19.2 Å². The van der Waals surface area contributed by atoms with E-state index < -0.39 is 13.0 Å². The third-order valence-corrected chi connectivity index (χ3v) is 7.61. The van der Waals surface area contributed by atoms with E-state index in [9.17, 15) is 19.7 Å². The molecule has 35 heavy (non-hydrogen) atoms. The fourth-order valence-electron chi connectivity index (χ4n) is 6.05. The van der Waals surface area contributed by atoms with Crippen molar-refractivity contribution in [1.82, 2.24) is 4.90 Å². The van der Waals surface area contributed by atoms with Gasteiger partial charge in [-0.1, -0.05) is 37.6 Å². The van der Waals surface area contributed by atoms with Crippen LogP contribution in [0.5, 0.6) is 5.75 Å². The first-order chi connectivity index (χ1) is 16.9. The smallest absolute Gasteiger partial charge is 0.455 e. The Morgan fingerprint density at radius 2 is 1.94 bits per heavy atom. The monoisotopic (exact) mass is 481 g/mol. The molecule has 1 aromatic carbocycles. The average Bonchev–Trinajstić information content (AvgIpc) is 3.07. The minimum atomic E-state index is -0.967. The highest BCUT2D eigenvalue weighted by molar-refractivity contribution is 6.43. The number of likely N-dealkylation sites (tertiary alicyclic amines) is 1. The van der Waals surface area contributed by atoms with Gasteiger partial charge in [-0.25, -0.2) is 0 Å². The van der Waals surface area contributed by atoms with Crippen LogP contribution in [0.2, 0.25) is 6.32 Å². The molecule has 0 aromatic heterocycles. The third kappa shape index (κ3) is 5.25. The summed E-state index contributed by atoms with van der Waals surface area (Å²) < 4.78 is 11.6. The summed E-state index contributed by atoms with van der Waals surface area (Å²) >= 11 is 0. The first-order valence-electron chi connectivity index (χ1n) is 12.8. The Kier molecular flexibility index (Phi) is 8.14. The van der Waals surface area contributed by atoms with Gasteiger partial charge in [-0.05, 0) is 73.2 Å². The lowest BCUT2D eigenvalue weighted by Crippen LogP contribution is -2.46. The van der Waals surface area contributed by atoms with Gasteiger partial charge in [-0.2, -0.15) is 0 Å². The zero-order valence-corrected chi connectivity index (χ0v) is 20.9. The number of phenolic OH excluding ortho intramolecular Hbond substituents is 1. The van der Waals surface area contributed by atoms with Crippen LogP contribution in [-0.2, 0) is 19.0 Å². The quantitative estimate of drug-likeness (QED) is 0.316. The van der Waals surface area contributed by atoms with E-state index >= 15 is 0 Å². The van der Waals surface area contributed by atoms with Crippen LogP contribution in [0.15, 0.2) is 41.0 Å². The highest BCUT2D eigenvalue weighted by atomic mass is 16.5. The van der Waals surface area contributed by atoms with Crippen LogP contribution in [0.1, 0.15) is 51.5 Å². The maximum atomic E-state index is 13.3. The molecule has 8 heteroatoms. The van der Waals surface area contributed by atoms with Crippen LogP contribution in [0.25, 0.3) is 6.08 Å². The number of nitrogens with zero attached hydrogens (tertiary/aromatic N) is 1. The van der Waals surface area contributed by atoms with E-state index in [-0.39, 0.29) is 35.5 Å². The minimum Gasteiger partial charge on any atom is -0.508 e. The maximum Gasteiger partial charge on any atom is 0.455 e. The van der Waals surface area contributed by atoms with Crippen molar-refractivity contribution >= 4 is 25.0 Å². The van der Waals surface area contributed by atoms with Gasteiger partial charge < -0.3 is 19.5 Å². The zero-order chi connectivity index (χ0) is 25.1. The lowest BCUT2D eigenvalue weighted by atomic mass is 9.58. The lowest BCUT2D eigenvalue weighted by molar-refractivity contribution is -0.140. The summed E-state index contributed by atoms with van der Waals surface area (Å²) in [6.45, 7) is 4.91. The molecule has 0 unspecified atom stereocenters. The molecule has 2 aliphatic heterocycles. The maximum absolute atomic E-state index is 13.3. The van der Waals surface area contributed by atoms with Crippen LogP contribution in [0, 0.1) is 17.8 Å². The molecule has 0 spiro atoms. The summed E-state index contributed by atoms with van der Waals surface area (Å²) in [6.07, 6.45) is 5.67. The molecule has 0 saturated carbocycles. The third-order valence-electron chi connectivity index (χ3n) is 7.61. The van der Waals surface area contributed by atoms with Crippen LogP contribution in [0.3, 0.4) is 0 Å². The summed E-state index contributed by atoms with van der Waals surface area (Å²) in [5, 5.41) is 20.2. The second-order valence-corrected chi connectivity index (χ2v) is 9.86. The average molecular weight is 481 g/mol. The number of benzene rings is 1. The Hall–Kier alpha value is -2.42. The Morgan fingerprint density at radius 3 is 2.60 bits per heavy atom. The van der Waals surface area contributed by atoms with Gasteiger partial charge >= 0.3 is 7.12 Å². The molecule has 0 radical (unpaired) electrons. The van der Waals surface area contributed by atoms with Crippen molar-refractivity contribution in [2.45, 2.75) is 58.4 Å². The van der Waals surface area contributed by atoms with Gasteiger partial charge in [-0.3, -0.25) is 14.5 Å². The second kappa shape index (κ2) is 11.1. The number of methoxy groups -OCH3 is 1. The van der Waals surface area contributed by atoms with Crippen molar-refractivity contribution in [3.63, 3.8) is 0 Å². The normalized spacial score (nSPS) is 26.9. The van der Waals surface area contributed by atoms with E-state index in [2.05, 4.69) is 13.0 Å². The number of carbonyl (C=O) groups excluding carboxylic acids is 2. The molecule has 1 aliphatic carbocycles. The SMILES string of the molecule is CCCN1C(=O)[C@@H]2[C@@H](CC(COC)=C3[C@@H](CC/C(=C/c4ccc(O)cc4)CC)OB(O)C[C@@H]32)C1=O. The van der Waals surface area contributed by atoms with Crippen LogP contribution in [0.4, 0.5) is 0 Å². The molecule has 0 bridgehead atoms. The molecule has 2 saturated heterocycles. The fourth-order valence-corrected chi connectivity index (χ4v) is 6.05. The number of phenols is 1. The number of fused-ring (bicyclic) bond motifs is 3. The molecular formula is C27H36BNO6. The minimum absolute atomic E-state index is 0.0860. The molecular weight excluding hydrogens is 445 g/mol. The van der Waals surface area contributed by atoms with Crippen molar-refractivity contribution in [3.05, 3.63) is 46.5 Å². The molecule has 4 atom stereocenters. The summed E-state index contributed by atoms with van der Waals surface area (Å²) in [7, 11) is 0.675. The van der Waals surface area contributed by atoms with Crippen LogP contribution < -0.4 is 0 Å². The number of hydrogen-bond donors (Lipinski definition) is 2. The van der Waals surface area contributed by atoms with Crippen molar-refractivity contribution < 1.29 is 29.1 Å². The lowest BCUT2D eigenvalue weighted by Gasteiger charge is -2.43. The summed E-state index contributed by atoms with van der Waals surface area (Å²) in [5.74, 6) is -0.964. The fraction of sp³-hybridized carbons (Fsp3) is 0.556. The van der Waals surface area contributed by atoms with Crippen molar-refractivity contribution in [3.8, 4) is 5.75 Å². The Bertz CT molecular complexity index is 1000. The van der Waals surface area contributed by atoms with Gasteiger partial charge in [0.1, 0.15) is 5.75 Å². The molecule has 2 heterocycles. The topological polar surface area (TPSA) is 96.3 Å². The number of amides is 2. The number of ether oxygens (including phenoxy) is 1. The van der Waals surface area contributed by atoms with Crippen LogP contribution >= 0.6 is 0 Å². The Balaban J connectivity index is 1.60. The van der Waals surface area contributed by atoms with Gasteiger partial charge in [0.25, 0.3) is 0 Å². The first kappa shape index (κ1) is 25.7. The Morgan fingerprint density at radius 1 is 1.20 bits per heavy atom. The van der Waals surface area contributed by atoms with Gasteiger partial charge in [0.15, 0.2) is 0 Å². The van der Waals surface area contributed by atoms with E-state index in [0.717, 1.165) is 36.0 Å².